The minimum atomic E-state index is -0.421. The van der Waals surface area contributed by atoms with Crippen LogP contribution in [0.4, 0.5) is 5.69 Å². The van der Waals surface area contributed by atoms with Gasteiger partial charge in [-0.1, -0.05) is 12.1 Å². The van der Waals surface area contributed by atoms with Gasteiger partial charge in [-0.25, -0.2) is 0 Å². The molecule has 0 radical (unpaired) electrons. The van der Waals surface area contributed by atoms with Gasteiger partial charge in [0.15, 0.2) is 0 Å². The van der Waals surface area contributed by atoms with Crippen LogP contribution in [0.25, 0.3) is 0 Å². The van der Waals surface area contributed by atoms with Gasteiger partial charge in [-0.15, -0.1) is 11.3 Å². The Bertz CT molecular complexity index is 700. The molecule has 1 aliphatic rings. The Labute approximate surface area is 138 Å². The fourth-order valence-corrected chi connectivity index (χ4v) is 3.40. The van der Waals surface area contributed by atoms with Crippen LogP contribution in [0.1, 0.15) is 17.7 Å². The van der Waals surface area contributed by atoms with Gasteiger partial charge >= 0.3 is 0 Å². The molecular weight excluding hydrogens is 312 g/mol. The van der Waals surface area contributed by atoms with E-state index in [0.29, 0.717) is 30.8 Å². The van der Waals surface area contributed by atoms with Crippen LogP contribution in [-0.2, 0) is 16.1 Å². The molecule has 1 saturated heterocycles. The summed E-state index contributed by atoms with van der Waals surface area (Å²) in [5.41, 5.74) is 0.671. The number of benzene rings is 1. The Morgan fingerprint density at radius 1 is 1.39 bits per heavy atom. The van der Waals surface area contributed by atoms with Gasteiger partial charge in [0.25, 0.3) is 0 Å². The summed E-state index contributed by atoms with van der Waals surface area (Å²) in [5.74, 6) is 0.561. The molecule has 2 amide bonds. The number of carbonyl (C=O) groups excluding carboxylic acids is 2. The number of hydrogen-bond acceptors (Lipinski definition) is 4. The summed E-state index contributed by atoms with van der Waals surface area (Å²) in [6.07, 6.45) is 0.974. The number of carbonyl (C=O) groups is 2. The van der Waals surface area contributed by atoms with Crippen molar-refractivity contribution in [3.05, 3.63) is 46.7 Å². The van der Waals surface area contributed by atoms with Crippen LogP contribution in [0.5, 0.6) is 5.75 Å². The molecule has 1 atom stereocenters. The maximum atomic E-state index is 12.6. The summed E-state index contributed by atoms with van der Waals surface area (Å²) in [4.78, 5) is 27.4. The van der Waals surface area contributed by atoms with Crippen LogP contribution in [-0.4, -0.2) is 29.9 Å². The van der Waals surface area contributed by atoms with Gasteiger partial charge < -0.3 is 15.0 Å². The Hall–Kier alpha value is -2.34. The summed E-state index contributed by atoms with van der Waals surface area (Å²) >= 11 is 1.59. The summed E-state index contributed by atoms with van der Waals surface area (Å²) < 4.78 is 5.16. The number of thiophene rings is 1. The van der Waals surface area contributed by atoms with Crippen molar-refractivity contribution in [3.8, 4) is 5.75 Å². The number of amides is 2. The van der Waals surface area contributed by atoms with E-state index in [9.17, 15) is 9.59 Å². The summed E-state index contributed by atoms with van der Waals surface area (Å²) in [7, 11) is 1.58. The number of likely N-dealkylation sites (tertiary alicyclic amines) is 1. The number of methoxy groups -OCH3 is 1. The molecule has 2 aromatic rings. The lowest BCUT2D eigenvalue weighted by molar-refractivity contribution is -0.133. The molecular formula is C17H18N2O3S. The average molecular weight is 330 g/mol. The van der Waals surface area contributed by atoms with E-state index < -0.39 is 6.04 Å². The van der Waals surface area contributed by atoms with E-state index in [4.69, 9.17) is 4.74 Å². The average Bonchev–Trinajstić information content (AvgIpc) is 3.19. The summed E-state index contributed by atoms with van der Waals surface area (Å²) in [5, 5.41) is 4.85. The van der Waals surface area contributed by atoms with Crippen molar-refractivity contribution in [2.24, 2.45) is 0 Å². The van der Waals surface area contributed by atoms with Gasteiger partial charge in [0.05, 0.1) is 13.7 Å². The van der Waals surface area contributed by atoms with Gasteiger partial charge in [-0.05, 0) is 30.0 Å². The van der Waals surface area contributed by atoms with Gasteiger partial charge in [0, 0.05) is 23.1 Å². The van der Waals surface area contributed by atoms with E-state index in [1.54, 1.807) is 35.5 Å². The largest absolute Gasteiger partial charge is 0.497 e. The quantitative estimate of drug-likeness (QED) is 0.917. The molecule has 0 saturated carbocycles. The van der Waals surface area contributed by atoms with E-state index in [-0.39, 0.29) is 11.8 Å². The van der Waals surface area contributed by atoms with Crippen molar-refractivity contribution in [3.63, 3.8) is 0 Å². The third-order valence-corrected chi connectivity index (χ3v) is 4.74. The Kier molecular flexibility index (Phi) is 4.62. The van der Waals surface area contributed by atoms with Gasteiger partial charge in [-0.2, -0.15) is 0 Å². The molecule has 0 bridgehead atoms. The van der Waals surface area contributed by atoms with Crippen LogP contribution in [0.15, 0.2) is 41.8 Å². The second kappa shape index (κ2) is 6.83. The van der Waals surface area contributed by atoms with Crippen molar-refractivity contribution < 1.29 is 14.3 Å². The minimum Gasteiger partial charge on any atom is -0.497 e. The van der Waals surface area contributed by atoms with Crippen molar-refractivity contribution in [1.29, 1.82) is 0 Å². The third-order valence-electron chi connectivity index (χ3n) is 3.87. The molecule has 1 fully saturated rings. The fraction of sp³-hybridized carbons (Fsp3) is 0.294. The van der Waals surface area contributed by atoms with E-state index in [1.165, 1.54) is 0 Å². The second-order valence-electron chi connectivity index (χ2n) is 5.38. The summed E-state index contributed by atoms with van der Waals surface area (Å²) in [6, 6.07) is 10.7. The lowest BCUT2D eigenvalue weighted by atomic mass is 10.2. The molecule has 1 aliphatic heterocycles. The highest BCUT2D eigenvalue weighted by Crippen LogP contribution is 2.25. The lowest BCUT2D eigenvalue weighted by Crippen LogP contribution is -2.40. The molecule has 0 spiro atoms. The minimum absolute atomic E-state index is 0.0317. The Morgan fingerprint density at radius 2 is 2.26 bits per heavy atom. The molecule has 5 nitrogen and oxygen atoms in total. The van der Waals surface area contributed by atoms with Crippen LogP contribution in [0, 0.1) is 0 Å². The predicted octanol–water partition coefficient (Wildman–Crippen LogP) is 2.89. The highest BCUT2D eigenvalue weighted by molar-refractivity contribution is 7.09. The molecule has 1 unspecified atom stereocenters. The van der Waals surface area contributed by atoms with Crippen LogP contribution in [0.3, 0.4) is 0 Å². The zero-order valence-corrected chi connectivity index (χ0v) is 13.6. The number of nitrogens with zero attached hydrogens (tertiary/aromatic N) is 1. The van der Waals surface area contributed by atoms with Crippen LogP contribution >= 0.6 is 11.3 Å². The Morgan fingerprint density at radius 3 is 3.00 bits per heavy atom. The zero-order chi connectivity index (χ0) is 16.2. The molecule has 6 heteroatoms. The molecule has 23 heavy (non-hydrogen) atoms. The molecule has 1 aromatic heterocycles. The molecule has 1 N–H and O–H groups in total. The van der Waals surface area contributed by atoms with Crippen LogP contribution in [0.2, 0.25) is 0 Å². The smallest absolute Gasteiger partial charge is 0.247 e. The van der Waals surface area contributed by atoms with Gasteiger partial charge in [0.1, 0.15) is 11.8 Å². The van der Waals surface area contributed by atoms with Crippen molar-refractivity contribution in [1.82, 2.24) is 4.90 Å². The van der Waals surface area contributed by atoms with Crippen LogP contribution < -0.4 is 10.1 Å². The number of hydrogen-bond donors (Lipinski definition) is 1. The molecule has 1 aromatic carbocycles. The first-order valence-corrected chi connectivity index (χ1v) is 8.32. The SMILES string of the molecule is COc1cccc(NC(=O)C2CCC(=O)N2Cc2cccs2)c1. The standard InChI is InChI=1S/C17H18N2O3S/c1-22-13-5-2-4-12(10-13)18-17(21)15-7-8-16(20)19(15)11-14-6-3-9-23-14/h2-6,9-10,15H,7-8,11H2,1H3,(H,18,21). The number of nitrogens with one attached hydrogen (secondary N) is 1. The van der Waals surface area contributed by atoms with E-state index >= 15 is 0 Å². The molecule has 3 rings (SSSR count). The highest BCUT2D eigenvalue weighted by atomic mass is 32.1. The highest BCUT2D eigenvalue weighted by Gasteiger charge is 2.36. The fourth-order valence-electron chi connectivity index (χ4n) is 2.70. The molecule has 0 aliphatic carbocycles. The first-order valence-electron chi connectivity index (χ1n) is 7.44. The topological polar surface area (TPSA) is 58.6 Å². The van der Waals surface area contributed by atoms with Crippen molar-refractivity contribution in [2.45, 2.75) is 25.4 Å². The number of anilines is 1. The lowest BCUT2D eigenvalue weighted by Gasteiger charge is -2.23. The molecule has 2 heterocycles. The third kappa shape index (κ3) is 3.53. The van der Waals surface area contributed by atoms with Gasteiger partial charge in [0.2, 0.25) is 11.8 Å². The van der Waals surface area contributed by atoms with E-state index in [1.807, 2.05) is 29.6 Å². The second-order valence-corrected chi connectivity index (χ2v) is 6.41. The maximum absolute atomic E-state index is 12.6. The van der Waals surface area contributed by atoms with Crippen molar-refractivity contribution >= 4 is 28.8 Å². The van der Waals surface area contributed by atoms with E-state index in [0.717, 1.165) is 4.88 Å². The first-order chi connectivity index (χ1) is 11.2. The molecule has 120 valence electrons. The number of rotatable bonds is 5. The van der Waals surface area contributed by atoms with Crippen molar-refractivity contribution in [2.75, 3.05) is 12.4 Å². The van der Waals surface area contributed by atoms with E-state index in [2.05, 4.69) is 5.32 Å². The zero-order valence-electron chi connectivity index (χ0n) is 12.8. The maximum Gasteiger partial charge on any atom is 0.247 e. The monoisotopic (exact) mass is 330 g/mol. The number of ether oxygens (including phenoxy) is 1. The summed E-state index contributed by atoms with van der Waals surface area (Å²) in [6.45, 7) is 0.493. The predicted molar refractivity (Wildman–Crippen MR) is 89.5 cm³/mol. The van der Waals surface area contributed by atoms with Gasteiger partial charge in [-0.3, -0.25) is 9.59 Å². The first kappa shape index (κ1) is 15.6. The normalized spacial score (nSPS) is 17.3. The Balaban J connectivity index is 1.71.